The SMILES string of the molecule is CCCCC(C)(CCCC)O[SiH2]C(Br)CC. The van der Waals surface area contributed by atoms with Gasteiger partial charge in [-0.05, 0) is 26.2 Å². The number of alkyl halides is 1. The molecule has 0 radical (unpaired) electrons. The summed E-state index contributed by atoms with van der Waals surface area (Å²) in [6, 6.07) is 0. The first-order chi connectivity index (χ1) is 7.58. The van der Waals surface area contributed by atoms with E-state index in [9.17, 15) is 0 Å². The van der Waals surface area contributed by atoms with Crippen LogP contribution in [0.15, 0.2) is 0 Å². The fourth-order valence-corrected chi connectivity index (χ4v) is 3.28. The van der Waals surface area contributed by atoms with Crippen molar-refractivity contribution in [3.63, 3.8) is 0 Å². The predicted octanol–water partition coefficient (Wildman–Crippen LogP) is 4.36. The molecule has 0 aliphatic carbocycles. The molecule has 0 N–H and O–H groups in total. The molecule has 0 spiro atoms. The molecule has 0 fully saturated rings. The number of halogens is 1. The van der Waals surface area contributed by atoms with Crippen molar-refractivity contribution in [2.75, 3.05) is 0 Å². The lowest BCUT2D eigenvalue weighted by Gasteiger charge is -2.31. The molecule has 0 aliphatic heterocycles. The summed E-state index contributed by atoms with van der Waals surface area (Å²) in [5.41, 5.74) is 0.166. The average Bonchev–Trinajstić information content (AvgIpc) is 2.31. The molecule has 0 aromatic heterocycles. The van der Waals surface area contributed by atoms with Crippen LogP contribution in [0.25, 0.3) is 0 Å². The van der Waals surface area contributed by atoms with Gasteiger partial charge in [-0.3, -0.25) is 0 Å². The first-order valence-electron chi connectivity index (χ1n) is 6.86. The topological polar surface area (TPSA) is 9.23 Å². The molecular weight excluding hydrogens is 280 g/mol. The molecule has 0 aliphatic rings. The van der Waals surface area contributed by atoms with E-state index in [1.807, 2.05) is 0 Å². The van der Waals surface area contributed by atoms with E-state index in [4.69, 9.17) is 4.43 Å². The van der Waals surface area contributed by atoms with Crippen molar-refractivity contribution >= 4 is 25.7 Å². The minimum absolute atomic E-state index is 0.166. The zero-order chi connectivity index (χ0) is 12.4. The van der Waals surface area contributed by atoms with Gasteiger partial charge in [-0.15, -0.1) is 0 Å². The lowest BCUT2D eigenvalue weighted by molar-refractivity contribution is 0.0687. The third-order valence-electron chi connectivity index (χ3n) is 3.17. The van der Waals surface area contributed by atoms with E-state index >= 15 is 0 Å². The van der Waals surface area contributed by atoms with E-state index in [2.05, 4.69) is 43.6 Å². The Bertz CT molecular complexity index is 156. The Balaban J connectivity index is 4.06. The second-order valence-corrected chi connectivity index (χ2v) is 9.07. The molecule has 1 nitrogen and oxygen atoms in total. The molecule has 0 heterocycles. The monoisotopic (exact) mass is 308 g/mol. The number of hydrogen-bond donors (Lipinski definition) is 0. The smallest absolute Gasteiger partial charge is 0.175 e. The van der Waals surface area contributed by atoms with Crippen molar-refractivity contribution in [2.24, 2.45) is 0 Å². The first kappa shape index (κ1) is 16.7. The first-order valence-corrected chi connectivity index (χ1v) is 9.17. The number of rotatable bonds is 10. The maximum atomic E-state index is 6.28. The number of unbranched alkanes of at least 4 members (excludes halogenated alkanes) is 2. The highest BCUT2D eigenvalue weighted by Gasteiger charge is 2.24. The van der Waals surface area contributed by atoms with Gasteiger partial charge in [0.15, 0.2) is 9.76 Å². The summed E-state index contributed by atoms with van der Waals surface area (Å²) >= 11 is 3.70. The summed E-state index contributed by atoms with van der Waals surface area (Å²) < 4.78 is 6.93. The standard InChI is InChI=1S/C13H29BrOSi/c1-5-8-10-13(4,11-9-6-2)15-16-12(14)7-3/h12H,5-11,16H2,1-4H3. The van der Waals surface area contributed by atoms with Crippen LogP contribution in [0.2, 0.25) is 0 Å². The van der Waals surface area contributed by atoms with Crippen LogP contribution in [0.4, 0.5) is 0 Å². The summed E-state index contributed by atoms with van der Waals surface area (Å²) in [7, 11) is -0.408. The molecule has 98 valence electrons. The normalized spacial score (nSPS) is 14.8. The second-order valence-electron chi connectivity index (χ2n) is 4.97. The van der Waals surface area contributed by atoms with Crippen LogP contribution in [0.3, 0.4) is 0 Å². The molecular formula is C13H29BrOSi. The van der Waals surface area contributed by atoms with Crippen molar-refractivity contribution in [2.45, 2.75) is 82.7 Å². The van der Waals surface area contributed by atoms with E-state index in [1.165, 1.54) is 44.9 Å². The van der Waals surface area contributed by atoms with E-state index in [1.54, 1.807) is 0 Å². The molecule has 0 bridgehead atoms. The maximum absolute atomic E-state index is 6.28. The molecule has 1 unspecified atom stereocenters. The van der Waals surface area contributed by atoms with Gasteiger partial charge < -0.3 is 4.43 Å². The minimum atomic E-state index is -0.408. The fourth-order valence-electron chi connectivity index (χ4n) is 1.78. The predicted molar refractivity (Wildman–Crippen MR) is 80.1 cm³/mol. The summed E-state index contributed by atoms with van der Waals surface area (Å²) in [5.74, 6) is 0. The Morgan fingerprint density at radius 1 is 1.12 bits per heavy atom. The van der Waals surface area contributed by atoms with Gasteiger partial charge in [-0.25, -0.2) is 0 Å². The quantitative estimate of drug-likeness (QED) is 0.430. The van der Waals surface area contributed by atoms with Gasteiger partial charge in [0.05, 0.1) is 5.60 Å². The average molecular weight is 309 g/mol. The van der Waals surface area contributed by atoms with Gasteiger partial charge in [-0.2, -0.15) is 0 Å². The van der Waals surface area contributed by atoms with Crippen LogP contribution in [-0.4, -0.2) is 19.8 Å². The van der Waals surface area contributed by atoms with Gasteiger partial charge in [-0.1, -0.05) is 62.4 Å². The second kappa shape index (κ2) is 9.66. The van der Waals surface area contributed by atoms with Crippen LogP contribution in [-0.2, 0) is 4.43 Å². The van der Waals surface area contributed by atoms with Crippen molar-refractivity contribution in [1.82, 2.24) is 0 Å². The Labute approximate surface area is 113 Å². The Hall–Kier alpha value is 0.657. The van der Waals surface area contributed by atoms with Crippen molar-refractivity contribution in [1.29, 1.82) is 0 Å². The largest absolute Gasteiger partial charge is 0.418 e. The Morgan fingerprint density at radius 3 is 2.00 bits per heavy atom. The zero-order valence-electron chi connectivity index (χ0n) is 11.5. The Kier molecular flexibility index (Phi) is 10.1. The van der Waals surface area contributed by atoms with Crippen LogP contribution in [0.1, 0.15) is 72.6 Å². The third kappa shape index (κ3) is 7.85. The van der Waals surface area contributed by atoms with Crippen molar-refractivity contribution in [3.8, 4) is 0 Å². The molecule has 0 rings (SSSR count). The maximum Gasteiger partial charge on any atom is 0.175 e. The number of hydrogen-bond acceptors (Lipinski definition) is 1. The summed E-state index contributed by atoms with van der Waals surface area (Å²) in [6.45, 7) is 9.07. The molecule has 0 amide bonds. The summed E-state index contributed by atoms with van der Waals surface area (Å²) in [6.07, 6.45) is 8.82. The van der Waals surface area contributed by atoms with Crippen molar-refractivity contribution < 1.29 is 4.43 Å². The molecule has 0 saturated carbocycles. The molecule has 1 atom stereocenters. The molecule has 0 aromatic rings. The zero-order valence-corrected chi connectivity index (χ0v) is 14.5. The van der Waals surface area contributed by atoms with E-state index in [0.29, 0.717) is 4.45 Å². The molecule has 16 heavy (non-hydrogen) atoms. The lowest BCUT2D eigenvalue weighted by atomic mass is 9.93. The van der Waals surface area contributed by atoms with Gasteiger partial charge in [0.25, 0.3) is 0 Å². The molecule has 3 heteroatoms. The lowest BCUT2D eigenvalue weighted by Crippen LogP contribution is -2.33. The van der Waals surface area contributed by atoms with Gasteiger partial charge in [0, 0.05) is 4.45 Å². The third-order valence-corrected chi connectivity index (χ3v) is 6.42. The highest BCUT2D eigenvalue weighted by atomic mass is 79.9. The van der Waals surface area contributed by atoms with Gasteiger partial charge in [0.1, 0.15) is 0 Å². The van der Waals surface area contributed by atoms with Crippen LogP contribution in [0, 0.1) is 0 Å². The molecule has 0 saturated heterocycles. The van der Waals surface area contributed by atoms with Gasteiger partial charge >= 0.3 is 0 Å². The van der Waals surface area contributed by atoms with Crippen molar-refractivity contribution in [3.05, 3.63) is 0 Å². The summed E-state index contributed by atoms with van der Waals surface area (Å²) in [5, 5.41) is 0. The fraction of sp³-hybridized carbons (Fsp3) is 1.00. The minimum Gasteiger partial charge on any atom is -0.418 e. The van der Waals surface area contributed by atoms with E-state index in [0.717, 1.165) is 0 Å². The highest BCUT2D eigenvalue weighted by Crippen LogP contribution is 2.25. The van der Waals surface area contributed by atoms with E-state index < -0.39 is 9.76 Å². The summed E-state index contributed by atoms with van der Waals surface area (Å²) in [4.78, 5) is 0. The molecule has 0 aromatic carbocycles. The van der Waals surface area contributed by atoms with E-state index in [-0.39, 0.29) is 5.60 Å². The van der Waals surface area contributed by atoms with Crippen LogP contribution >= 0.6 is 15.9 Å². The van der Waals surface area contributed by atoms with Crippen LogP contribution < -0.4 is 0 Å². The highest BCUT2D eigenvalue weighted by molar-refractivity contribution is 9.10. The van der Waals surface area contributed by atoms with Crippen LogP contribution in [0.5, 0.6) is 0 Å². The Morgan fingerprint density at radius 2 is 1.62 bits per heavy atom. The van der Waals surface area contributed by atoms with Gasteiger partial charge in [0.2, 0.25) is 0 Å².